The lowest BCUT2D eigenvalue weighted by atomic mass is 10.2. The Bertz CT molecular complexity index is 639. The van der Waals surface area contributed by atoms with E-state index in [-0.39, 0.29) is 0 Å². The van der Waals surface area contributed by atoms with Gasteiger partial charge in [-0.15, -0.1) is 10.2 Å². The second-order valence-electron chi connectivity index (χ2n) is 6.11. The molecule has 3 rings (SSSR count). The molecule has 1 aromatic carbocycles. The van der Waals surface area contributed by atoms with Crippen molar-refractivity contribution in [2.24, 2.45) is 7.05 Å². The fraction of sp³-hybridized carbons (Fsp3) is 0.444. The molecule has 0 unspecified atom stereocenters. The molecule has 122 valence electrons. The van der Waals surface area contributed by atoms with Crippen LogP contribution in [0, 0.1) is 6.92 Å². The summed E-state index contributed by atoms with van der Waals surface area (Å²) in [5, 5.41) is 8.39. The second kappa shape index (κ2) is 7.53. The highest BCUT2D eigenvalue weighted by molar-refractivity contribution is 5.48. The number of rotatable bonds is 5. The molecule has 0 atom stereocenters. The van der Waals surface area contributed by atoms with Gasteiger partial charge in [0.2, 0.25) is 0 Å². The van der Waals surface area contributed by atoms with Crippen molar-refractivity contribution >= 4 is 6.08 Å². The summed E-state index contributed by atoms with van der Waals surface area (Å²) in [6.45, 7) is 8.30. The molecule has 5 nitrogen and oxygen atoms in total. The van der Waals surface area contributed by atoms with Gasteiger partial charge < -0.3 is 4.57 Å². The molecule has 2 aromatic rings. The number of benzene rings is 1. The van der Waals surface area contributed by atoms with Crippen molar-refractivity contribution in [2.75, 3.05) is 32.7 Å². The molecular weight excluding hydrogens is 286 g/mol. The Morgan fingerprint density at radius 2 is 1.70 bits per heavy atom. The van der Waals surface area contributed by atoms with Crippen LogP contribution in [0.2, 0.25) is 0 Å². The van der Waals surface area contributed by atoms with E-state index in [4.69, 9.17) is 0 Å². The summed E-state index contributed by atoms with van der Waals surface area (Å²) in [5.41, 5.74) is 1.27. The Labute approximate surface area is 138 Å². The van der Waals surface area contributed by atoms with E-state index in [2.05, 4.69) is 67.0 Å². The summed E-state index contributed by atoms with van der Waals surface area (Å²) in [7, 11) is 2.04. The highest BCUT2D eigenvalue weighted by atomic mass is 15.3. The molecule has 2 heterocycles. The van der Waals surface area contributed by atoms with Crippen LogP contribution in [0.15, 0.2) is 36.4 Å². The highest BCUT2D eigenvalue weighted by Gasteiger charge is 2.18. The third-order valence-corrected chi connectivity index (χ3v) is 4.49. The molecule has 23 heavy (non-hydrogen) atoms. The SMILES string of the molecule is Cc1nnc(CN2CCN(CC=Cc3ccccc3)CC2)n1C. The Kier molecular flexibility index (Phi) is 5.20. The fourth-order valence-corrected chi connectivity index (χ4v) is 2.82. The molecule has 0 radical (unpaired) electrons. The van der Waals surface area contributed by atoms with Crippen LogP contribution in [0.4, 0.5) is 0 Å². The van der Waals surface area contributed by atoms with E-state index in [0.29, 0.717) is 0 Å². The van der Waals surface area contributed by atoms with Crippen LogP contribution in [0.5, 0.6) is 0 Å². The minimum absolute atomic E-state index is 0.894. The summed E-state index contributed by atoms with van der Waals surface area (Å²) in [4.78, 5) is 4.96. The van der Waals surface area contributed by atoms with E-state index >= 15 is 0 Å². The summed E-state index contributed by atoms with van der Waals surface area (Å²) in [5.74, 6) is 2.03. The summed E-state index contributed by atoms with van der Waals surface area (Å²) in [6.07, 6.45) is 4.46. The van der Waals surface area contributed by atoms with Crippen molar-refractivity contribution in [1.29, 1.82) is 0 Å². The molecule has 0 N–H and O–H groups in total. The number of hydrogen-bond donors (Lipinski definition) is 0. The van der Waals surface area contributed by atoms with Crippen LogP contribution >= 0.6 is 0 Å². The molecule has 1 aromatic heterocycles. The van der Waals surface area contributed by atoms with Gasteiger partial charge in [-0.3, -0.25) is 9.80 Å². The zero-order valence-corrected chi connectivity index (χ0v) is 14.0. The van der Waals surface area contributed by atoms with Gasteiger partial charge in [0.25, 0.3) is 0 Å². The summed E-state index contributed by atoms with van der Waals surface area (Å²) in [6, 6.07) is 10.5. The first-order valence-corrected chi connectivity index (χ1v) is 8.23. The number of aromatic nitrogens is 3. The zero-order chi connectivity index (χ0) is 16.1. The highest BCUT2D eigenvalue weighted by Crippen LogP contribution is 2.08. The minimum Gasteiger partial charge on any atom is -0.317 e. The lowest BCUT2D eigenvalue weighted by Crippen LogP contribution is -2.46. The Morgan fingerprint density at radius 1 is 1.00 bits per heavy atom. The van der Waals surface area contributed by atoms with E-state index in [9.17, 15) is 0 Å². The van der Waals surface area contributed by atoms with Gasteiger partial charge in [0.1, 0.15) is 11.6 Å². The van der Waals surface area contributed by atoms with Crippen molar-refractivity contribution in [3.8, 4) is 0 Å². The quantitative estimate of drug-likeness (QED) is 0.846. The van der Waals surface area contributed by atoms with E-state index in [0.717, 1.165) is 50.9 Å². The largest absolute Gasteiger partial charge is 0.317 e. The smallest absolute Gasteiger partial charge is 0.146 e. The third-order valence-electron chi connectivity index (χ3n) is 4.49. The Hall–Kier alpha value is -1.98. The topological polar surface area (TPSA) is 37.2 Å². The number of hydrogen-bond acceptors (Lipinski definition) is 4. The normalized spacial score (nSPS) is 17.1. The van der Waals surface area contributed by atoms with Crippen LogP contribution in [0.1, 0.15) is 17.2 Å². The molecule has 5 heteroatoms. The maximum absolute atomic E-state index is 4.26. The van der Waals surface area contributed by atoms with Gasteiger partial charge in [-0.2, -0.15) is 0 Å². The zero-order valence-electron chi connectivity index (χ0n) is 14.0. The van der Waals surface area contributed by atoms with E-state index < -0.39 is 0 Å². The maximum atomic E-state index is 4.26. The van der Waals surface area contributed by atoms with Gasteiger partial charge >= 0.3 is 0 Å². The van der Waals surface area contributed by atoms with Crippen LogP contribution in [-0.2, 0) is 13.6 Å². The molecule has 0 amide bonds. The summed E-state index contributed by atoms with van der Waals surface area (Å²) < 4.78 is 2.08. The average Bonchev–Trinajstić information content (AvgIpc) is 2.89. The second-order valence-corrected chi connectivity index (χ2v) is 6.11. The van der Waals surface area contributed by atoms with Gasteiger partial charge in [0.05, 0.1) is 6.54 Å². The first-order chi connectivity index (χ1) is 11.2. The van der Waals surface area contributed by atoms with Crippen LogP contribution in [0.3, 0.4) is 0 Å². The molecular formula is C18H25N5. The van der Waals surface area contributed by atoms with Gasteiger partial charge in [-0.05, 0) is 12.5 Å². The number of aryl methyl sites for hydroxylation is 1. The van der Waals surface area contributed by atoms with Crippen molar-refractivity contribution in [2.45, 2.75) is 13.5 Å². The van der Waals surface area contributed by atoms with Crippen molar-refractivity contribution < 1.29 is 0 Å². The van der Waals surface area contributed by atoms with Gasteiger partial charge in [0, 0.05) is 39.8 Å². The van der Waals surface area contributed by atoms with Crippen molar-refractivity contribution in [3.05, 3.63) is 53.6 Å². The summed E-state index contributed by atoms with van der Waals surface area (Å²) >= 11 is 0. The van der Waals surface area contributed by atoms with Crippen LogP contribution in [-0.4, -0.2) is 57.3 Å². The minimum atomic E-state index is 0.894. The third kappa shape index (κ3) is 4.27. The van der Waals surface area contributed by atoms with Gasteiger partial charge in [0.15, 0.2) is 0 Å². The Morgan fingerprint density at radius 3 is 2.35 bits per heavy atom. The van der Waals surface area contributed by atoms with Crippen molar-refractivity contribution in [3.63, 3.8) is 0 Å². The van der Waals surface area contributed by atoms with Crippen LogP contribution < -0.4 is 0 Å². The standard InChI is InChI=1S/C18H25N5/c1-16-19-20-18(21(16)2)15-23-13-11-22(12-14-23)10-6-9-17-7-4-3-5-8-17/h3-9H,10-15H2,1-2H3. The van der Waals surface area contributed by atoms with E-state index in [1.807, 2.05) is 14.0 Å². The maximum Gasteiger partial charge on any atom is 0.146 e. The molecule has 0 bridgehead atoms. The average molecular weight is 311 g/mol. The molecule has 0 aliphatic carbocycles. The molecule has 1 aliphatic heterocycles. The fourth-order valence-electron chi connectivity index (χ4n) is 2.82. The molecule has 1 fully saturated rings. The number of piperazine rings is 1. The first-order valence-electron chi connectivity index (χ1n) is 8.23. The molecule has 1 saturated heterocycles. The monoisotopic (exact) mass is 311 g/mol. The Balaban J connectivity index is 1.43. The molecule has 1 aliphatic rings. The number of nitrogens with zero attached hydrogens (tertiary/aromatic N) is 5. The lowest BCUT2D eigenvalue weighted by Gasteiger charge is -2.33. The first kappa shape index (κ1) is 15.9. The molecule has 0 saturated carbocycles. The van der Waals surface area contributed by atoms with E-state index in [1.165, 1.54) is 5.56 Å². The molecule has 0 spiro atoms. The predicted octanol–water partition coefficient (Wildman–Crippen LogP) is 1.95. The van der Waals surface area contributed by atoms with Crippen molar-refractivity contribution in [1.82, 2.24) is 24.6 Å². The van der Waals surface area contributed by atoms with Gasteiger partial charge in [-0.25, -0.2) is 0 Å². The van der Waals surface area contributed by atoms with Crippen LogP contribution in [0.25, 0.3) is 6.08 Å². The lowest BCUT2D eigenvalue weighted by molar-refractivity contribution is 0.133. The van der Waals surface area contributed by atoms with E-state index in [1.54, 1.807) is 0 Å². The predicted molar refractivity (Wildman–Crippen MR) is 92.9 cm³/mol. The van der Waals surface area contributed by atoms with Gasteiger partial charge in [-0.1, -0.05) is 42.5 Å².